The van der Waals surface area contributed by atoms with Crippen LogP contribution in [0.1, 0.15) is 38.4 Å². The third-order valence-electron chi connectivity index (χ3n) is 3.31. The second-order valence-corrected chi connectivity index (χ2v) is 5.50. The highest BCUT2D eigenvalue weighted by molar-refractivity contribution is 5.80. The van der Waals surface area contributed by atoms with Crippen LogP contribution in [0.2, 0.25) is 0 Å². The van der Waals surface area contributed by atoms with Gasteiger partial charge in [0.15, 0.2) is 0 Å². The van der Waals surface area contributed by atoms with E-state index >= 15 is 0 Å². The second-order valence-electron chi connectivity index (χ2n) is 5.50. The van der Waals surface area contributed by atoms with E-state index in [0.29, 0.717) is 12.4 Å². The number of rotatable bonds is 6. The lowest BCUT2D eigenvalue weighted by molar-refractivity contribution is -0.130. The Morgan fingerprint density at radius 1 is 1.52 bits per heavy atom. The van der Waals surface area contributed by atoms with Crippen LogP contribution in [0.25, 0.3) is 0 Å². The van der Waals surface area contributed by atoms with Crippen molar-refractivity contribution in [2.45, 2.75) is 45.0 Å². The lowest BCUT2D eigenvalue weighted by atomic mass is 10.1. The van der Waals surface area contributed by atoms with Gasteiger partial charge in [0.1, 0.15) is 11.9 Å². The topological polar surface area (TPSA) is 67.8 Å². The number of amides is 1. The van der Waals surface area contributed by atoms with Crippen LogP contribution < -0.4 is 10.1 Å². The van der Waals surface area contributed by atoms with Crippen LogP contribution in [0.4, 0.5) is 0 Å². The zero-order valence-corrected chi connectivity index (χ0v) is 12.5. The van der Waals surface area contributed by atoms with Crippen molar-refractivity contribution in [1.82, 2.24) is 5.32 Å². The number of benzene rings is 1. The molecule has 2 N–H and O–H groups in total. The van der Waals surface area contributed by atoms with Crippen molar-refractivity contribution in [2.24, 2.45) is 0 Å². The van der Waals surface area contributed by atoms with E-state index in [9.17, 15) is 9.90 Å². The summed E-state index contributed by atoms with van der Waals surface area (Å²) in [6.07, 6.45) is 0.616. The van der Waals surface area contributed by atoms with Crippen LogP contribution in [0, 0.1) is 0 Å². The van der Waals surface area contributed by atoms with E-state index in [1.54, 1.807) is 6.07 Å². The lowest BCUT2D eigenvalue weighted by Gasteiger charge is -2.16. The summed E-state index contributed by atoms with van der Waals surface area (Å²) in [7, 11) is 0. The van der Waals surface area contributed by atoms with Crippen LogP contribution in [0.15, 0.2) is 24.3 Å². The number of hydrogen-bond acceptors (Lipinski definition) is 4. The molecule has 0 spiro atoms. The van der Waals surface area contributed by atoms with Crippen molar-refractivity contribution in [3.8, 4) is 5.75 Å². The first-order valence-corrected chi connectivity index (χ1v) is 7.40. The average molecular weight is 293 g/mol. The van der Waals surface area contributed by atoms with E-state index in [2.05, 4.69) is 5.32 Å². The lowest BCUT2D eigenvalue weighted by Crippen LogP contribution is -2.36. The molecule has 2 atom stereocenters. The molecule has 0 aliphatic carbocycles. The maximum Gasteiger partial charge on any atom is 0.249 e. The Hall–Kier alpha value is -1.59. The minimum Gasteiger partial charge on any atom is -0.491 e. The van der Waals surface area contributed by atoms with Gasteiger partial charge in [0.05, 0.1) is 12.2 Å². The zero-order valence-electron chi connectivity index (χ0n) is 12.5. The van der Waals surface area contributed by atoms with Crippen molar-refractivity contribution in [3.05, 3.63) is 29.8 Å². The normalized spacial score (nSPS) is 19.5. The third kappa shape index (κ3) is 4.72. The Morgan fingerprint density at radius 2 is 2.33 bits per heavy atom. The minimum atomic E-state index is -0.758. The highest BCUT2D eigenvalue weighted by Crippen LogP contribution is 2.20. The zero-order chi connectivity index (χ0) is 15.2. The first-order valence-electron chi connectivity index (χ1n) is 7.40. The number of hydrogen-bond donors (Lipinski definition) is 2. The molecule has 1 aliphatic heterocycles. The maximum absolute atomic E-state index is 11.8. The number of ether oxygens (including phenoxy) is 2. The largest absolute Gasteiger partial charge is 0.491 e. The van der Waals surface area contributed by atoms with Gasteiger partial charge in [-0.2, -0.15) is 0 Å². The molecule has 1 fully saturated rings. The molecule has 5 nitrogen and oxygen atoms in total. The molecule has 1 heterocycles. The molecule has 0 aromatic heterocycles. The van der Waals surface area contributed by atoms with Gasteiger partial charge in [0.2, 0.25) is 5.91 Å². The summed E-state index contributed by atoms with van der Waals surface area (Å²) in [6.45, 7) is 4.70. The number of nitrogens with one attached hydrogen (secondary N) is 1. The van der Waals surface area contributed by atoms with Gasteiger partial charge in [-0.1, -0.05) is 12.1 Å². The Morgan fingerprint density at radius 3 is 3.00 bits per heavy atom. The van der Waals surface area contributed by atoms with E-state index in [-0.39, 0.29) is 24.7 Å². The van der Waals surface area contributed by atoms with Gasteiger partial charge in [-0.15, -0.1) is 0 Å². The van der Waals surface area contributed by atoms with Crippen molar-refractivity contribution in [2.75, 3.05) is 13.2 Å². The van der Waals surface area contributed by atoms with Gasteiger partial charge in [-0.3, -0.25) is 4.79 Å². The maximum atomic E-state index is 11.8. The highest BCUT2D eigenvalue weighted by atomic mass is 16.5. The highest BCUT2D eigenvalue weighted by Gasteiger charge is 2.23. The van der Waals surface area contributed by atoms with E-state index in [1.165, 1.54) is 0 Å². The van der Waals surface area contributed by atoms with Gasteiger partial charge in [-0.25, -0.2) is 0 Å². The summed E-state index contributed by atoms with van der Waals surface area (Å²) in [4.78, 5) is 11.8. The predicted molar refractivity (Wildman–Crippen MR) is 79.1 cm³/mol. The SMILES string of the molecule is CC(C)Oc1cccc(C(O)CNC(=O)C2CCCO2)c1. The van der Waals surface area contributed by atoms with Crippen LogP contribution in [0.5, 0.6) is 5.75 Å². The molecule has 1 aromatic carbocycles. The molecular formula is C16H23NO4. The molecule has 1 amide bonds. The first-order chi connectivity index (χ1) is 10.1. The number of aliphatic hydroxyl groups excluding tert-OH is 1. The molecule has 2 rings (SSSR count). The molecular weight excluding hydrogens is 270 g/mol. The molecule has 1 aromatic rings. The van der Waals surface area contributed by atoms with Gasteiger partial charge in [-0.05, 0) is 44.4 Å². The molecule has 116 valence electrons. The first kappa shape index (κ1) is 15.8. The van der Waals surface area contributed by atoms with Gasteiger partial charge in [0.25, 0.3) is 0 Å². The molecule has 2 unspecified atom stereocenters. The fourth-order valence-corrected chi connectivity index (χ4v) is 2.28. The van der Waals surface area contributed by atoms with Crippen molar-refractivity contribution in [1.29, 1.82) is 0 Å². The summed E-state index contributed by atoms with van der Waals surface area (Å²) in [5, 5.41) is 12.9. The minimum absolute atomic E-state index is 0.0802. The summed E-state index contributed by atoms with van der Waals surface area (Å²) in [5.41, 5.74) is 0.723. The van der Waals surface area contributed by atoms with Crippen molar-refractivity contribution < 1.29 is 19.4 Å². The van der Waals surface area contributed by atoms with Crippen LogP contribution in [-0.4, -0.2) is 36.4 Å². The molecule has 5 heteroatoms. The molecule has 1 aliphatic rings. The van der Waals surface area contributed by atoms with Crippen LogP contribution in [0.3, 0.4) is 0 Å². The molecule has 0 radical (unpaired) electrons. The molecule has 0 saturated carbocycles. The van der Waals surface area contributed by atoms with Gasteiger partial charge >= 0.3 is 0 Å². The van der Waals surface area contributed by atoms with Crippen LogP contribution in [-0.2, 0) is 9.53 Å². The number of carbonyl (C=O) groups excluding carboxylic acids is 1. The standard InChI is InChI=1S/C16H23NO4/c1-11(2)21-13-6-3-5-12(9-13)14(18)10-17-16(19)15-7-4-8-20-15/h3,5-6,9,11,14-15,18H,4,7-8,10H2,1-2H3,(H,17,19). The molecule has 0 bridgehead atoms. The number of aliphatic hydroxyl groups is 1. The fraction of sp³-hybridized carbons (Fsp3) is 0.562. The van der Waals surface area contributed by atoms with E-state index in [1.807, 2.05) is 32.0 Å². The quantitative estimate of drug-likeness (QED) is 0.839. The predicted octanol–water partition coefficient (Wildman–Crippen LogP) is 1.80. The third-order valence-corrected chi connectivity index (χ3v) is 3.31. The van der Waals surface area contributed by atoms with Crippen molar-refractivity contribution in [3.63, 3.8) is 0 Å². The Labute approximate surface area is 125 Å². The van der Waals surface area contributed by atoms with E-state index in [4.69, 9.17) is 9.47 Å². The summed E-state index contributed by atoms with van der Waals surface area (Å²) in [6, 6.07) is 7.29. The summed E-state index contributed by atoms with van der Waals surface area (Å²) >= 11 is 0. The monoisotopic (exact) mass is 293 g/mol. The van der Waals surface area contributed by atoms with E-state index in [0.717, 1.165) is 18.4 Å². The van der Waals surface area contributed by atoms with Crippen molar-refractivity contribution >= 4 is 5.91 Å². The number of carbonyl (C=O) groups is 1. The summed E-state index contributed by atoms with van der Waals surface area (Å²) in [5.74, 6) is 0.563. The molecule has 1 saturated heterocycles. The Bertz CT molecular complexity index is 469. The van der Waals surface area contributed by atoms with E-state index < -0.39 is 6.10 Å². The smallest absolute Gasteiger partial charge is 0.249 e. The second kappa shape index (κ2) is 7.43. The average Bonchev–Trinajstić information content (AvgIpc) is 2.98. The Kier molecular flexibility index (Phi) is 5.59. The Balaban J connectivity index is 1.87. The van der Waals surface area contributed by atoms with Gasteiger partial charge < -0.3 is 19.9 Å². The summed E-state index contributed by atoms with van der Waals surface area (Å²) < 4.78 is 10.9. The van der Waals surface area contributed by atoms with Gasteiger partial charge in [0, 0.05) is 13.2 Å². The fourth-order valence-electron chi connectivity index (χ4n) is 2.28. The van der Waals surface area contributed by atoms with Crippen LogP contribution >= 0.6 is 0 Å². The molecule has 21 heavy (non-hydrogen) atoms.